The third kappa shape index (κ3) is 3.99. The maximum Gasteiger partial charge on any atom is 0.236 e. The average molecular weight is 717 g/mol. The molecule has 56 heavy (non-hydrogen) atoms. The van der Waals surface area contributed by atoms with E-state index < -0.39 is 0 Å². The number of aromatic nitrogens is 4. The third-order valence-electron chi connectivity index (χ3n) is 11.5. The lowest BCUT2D eigenvalue weighted by molar-refractivity contribution is 0.666. The molecule has 0 amide bonds. The van der Waals surface area contributed by atoms with Crippen LogP contribution in [0.15, 0.2) is 179 Å². The highest BCUT2D eigenvalue weighted by Crippen LogP contribution is 2.42. The van der Waals surface area contributed by atoms with Crippen molar-refractivity contribution in [2.24, 2.45) is 0 Å². The van der Waals surface area contributed by atoms with E-state index in [1.807, 2.05) is 18.2 Å². The topological polar surface area (TPSA) is 61.9 Å². The Labute approximate surface area is 318 Å². The number of benzene rings is 8. The Kier molecular flexibility index (Phi) is 5.80. The summed E-state index contributed by atoms with van der Waals surface area (Å²) in [6.45, 7) is 0. The Morgan fingerprint density at radius 3 is 1.86 bits per heavy atom. The van der Waals surface area contributed by atoms with Crippen LogP contribution in [0.2, 0.25) is 0 Å². The molecule has 0 saturated carbocycles. The van der Waals surface area contributed by atoms with Gasteiger partial charge >= 0.3 is 0 Å². The number of para-hydroxylation sites is 4. The summed E-state index contributed by atoms with van der Waals surface area (Å²) in [5.41, 5.74) is 10.9. The molecule has 260 valence electrons. The highest BCUT2D eigenvalue weighted by molar-refractivity contribution is 6.20. The molecule has 0 radical (unpaired) electrons. The molecular formula is C50H28N4O2. The minimum atomic E-state index is 0.576. The smallest absolute Gasteiger partial charge is 0.236 e. The molecule has 0 bridgehead atoms. The van der Waals surface area contributed by atoms with Crippen LogP contribution in [0, 0.1) is 0 Å². The molecule has 0 aliphatic rings. The maximum absolute atomic E-state index is 6.60. The van der Waals surface area contributed by atoms with Crippen molar-refractivity contribution in [2.75, 3.05) is 0 Å². The van der Waals surface area contributed by atoms with Crippen LogP contribution >= 0.6 is 0 Å². The van der Waals surface area contributed by atoms with Gasteiger partial charge in [-0.3, -0.25) is 4.57 Å². The molecule has 0 saturated heterocycles. The molecule has 5 aromatic heterocycles. The highest BCUT2D eigenvalue weighted by atomic mass is 16.3. The Balaban J connectivity index is 1.12. The number of fused-ring (bicyclic) bond motifs is 14. The number of furan rings is 2. The van der Waals surface area contributed by atoms with E-state index in [0.29, 0.717) is 17.2 Å². The fraction of sp³-hybridized carbons (Fsp3) is 0. The van der Waals surface area contributed by atoms with E-state index in [9.17, 15) is 0 Å². The van der Waals surface area contributed by atoms with Gasteiger partial charge in [0, 0.05) is 49.0 Å². The van der Waals surface area contributed by atoms with Gasteiger partial charge in [0.15, 0.2) is 5.58 Å². The first-order valence-corrected chi connectivity index (χ1v) is 18.8. The number of rotatable bonds is 3. The minimum Gasteiger partial charge on any atom is -0.456 e. The predicted molar refractivity (Wildman–Crippen MR) is 228 cm³/mol. The van der Waals surface area contributed by atoms with Gasteiger partial charge in [-0.15, -0.1) is 0 Å². The molecule has 0 N–H and O–H groups in total. The van der Waals surface area contributed by atoms with Crippen LogP contribution < -0.4 is 0 Å². The monoisotopic (exact) mass is 716 g/mol. The molecule has 13 aromatic rings. The van der Waals surface area contributed by atoms with E-state index in [1.165, 1.54) is 21.5 Å². The van der Waals surface area contributed by atoms with E-state index >= 15 is 0 Å². The van der Waals surface area contributed by atoms with Crippen molar-refractivity contribution in [1.82, 2.24) is 19.1 Å². The van der Waals surface area contributed by atoms with Gasteiger partial charge < -0.3 is 13.4 Å². The zero-order chi connectivity index (χ0) is 36.5. The molecule has 0 aliphatic heterocycles. The molecule has 0 fully saturated rings. The molecule has 0 spiro atoms. The molecule has 0 unspecified atom stereocenters. The largest absolute Gasteiger partial charge is 0.456 e. The Hall–Kier alpha value is -7.70. The molecule has 0 atom stereocenters. The predicted octanol–water partition coefficient (Wildman–Crippen LogP) is 13.3. The standard InChI is InChI=1S/C50H28N4O2/c1-2-13-31(14-3-1)53-39-19-9-6-16-33(39)37-28-42-38(27-41(37)53)34-17-7-10-20-40(34)54(42)50-51-47(49-48(52-50)36-18-8-11-21-43(36)56-49)30-22-24-35-45(26-30)55-44-25-23-29-12-4-5-15-32(29)46(35)44/h1-28H. The second-order valence-corrected chi connectivity index (χ2v) is 14.5. The van der Waals surface area contributed by atoms with Gasteiger partial charge in [0.25, 0.3) is 0 Å². The minimum absolute atomic E-state index is 0.576. The fourth-order valence-electron chi connectivity index (χ4n) is 9.07. The molecule has 6 heteroatoms. The van der Waals surface area contributed by atoms with Gasteiger partial charge in [-0.1, -0.05) is 103 Å². The Bertz CT molecular complexity index is 3770. The maximum atomic E-state index is 6.60. The summed E-state index contributed by atoms with van der Waals surface area (Å²) in [6.07, 6.45) is 0. The molecule has 13 rings (SSSR count). The second-order valence-electron chi connectivity index (χ2n) is 14.5. The van der Waals surface area contributed by atoms with Crippen molar-refractivity contribution < 1.29 is 8.83 Å². The summed E-state index contributed by atoms with van der Waals surface area (Å²) >= 11 is 0. The van der Waals surface area contributed by atoms with Crippen LogP contribution in [0.4, 0.5) is 0 Å². The zero-order valence-corrected chi connectivity index (χ0v) is 29.8. The fourth-order valence-corrected chi connectivity index (χ4v) is 9.07. The van der Waals surface area contributed by atoms with Crippen LogP contribution in [0.3, 0.4) is 0 Å². The quantitative estimate of drug-likeness (QED) is 0.183. The van der Waals surface area contributed by atoms with Crippen molar-refractivity contribution in [1.29, 1.82) is 0 Å². The average Bonchev–Trinajstić information content (AvgIpc) is 4.00. The Morgan fingerprint density at radius 1 is 0.393 bits per heavy atom. The molecular weight excluding hydrogens is 689 g/mol. The van der Waals surface area contributed by atoms with Gasteiger partial charge in [-0.25, -0.2) is 9.97 Å². The van der Waals surface area contributed by atoms with Gasteiger partial charge in [-0.2, -0.15) is 0 Å². The number of hydrogen-bond donors (Lipinski definition) is 0. The van der Waals surface area contributed by atoms with E-state index in [-0.39, 0.29) is 0 Å². The van der Waals surface area contributed by atoms with Crippen molar-refractivity contribution >= 4 is 98.4 Å². The van der Waals surface area contributed by atoms with E-state index in [0.717, 1.165) is 82.5 Å². The Morgan fingerprint density at radius 2 is 1.05 bits per heavy atom. The number of hydrogen-bond acceptors (Lipinski definition) is 4. The van der Waals surface area contributed by atoms with Crippen molar-refractivity contribution in [3.63, 3.8) is 0 Å². The summed E-state index contributed by atoms with van der Waals surface area (Å²) in [5, 5.41) is 10.1. The SMILES string of the molecule is c1ccc(-n2c3ccccc3c3cc4c(cc32)c2ccccc2n4-c2nc(-c3ccc4c(c3)oc3ccc5ccccc5c34)c3oc4ccccc4c3n2)cc1. The first-order chi connectivity index (χ1) is 27.8. The normalized spacial score (nSPS) is 12.3. The first-order valence-electron chi connectivity index (χ1n) is 18.8. The second kappa shape index (κ2) is 10.9. The lowest BCUT2D eigenvalue weighted by Gasteiger charge is -2.10. The van der Waals surface area contributed by atoms with Gasteiger partial charge in [0.2, 0.25) is 5.95 Å². The van der Waals surface area contributed by atoms with E-state index in [1.54, 1.807) is 0 Å². The number of nitrogens with zero attached hydrogens (tertiary/aromatic N) is 4. The van der Waals surface area contributed by atoms with Crippen molar-refractivity contribution in [3.8, 4) is 22.9 Å². The third-order valence-corrected chi connectivity index (χ3v) is 11.5. The summed E-state index contributed by atoms with van der Waals surface area (Å²) in [4.78, 5) is 10.8. The van der Waals surface area contributed by atoms with E-state index in [4.69, 9.17) is 18.8 Å². The summed E-state index contributed by atoms with van der Waals surface area (Å²) in [7, 11) is 0. The summed E-state index contributed by atoms with van der Waals surface area (Å²) in [5.74, 6) is 0.576. The van der Waals surface area contributed by atoms with Crippen LogP contribution in [0.25, 0.3) is 121 Å². The van der Waals surface area contributed by atoms with Crippen LogP contribution in [0.1, 0.15) is 0 Å². The lowest BCUT2D eigenvalue weighted by atomic mass is 10.0. The van der Waals surface area contributed by atoms with Crippen LogP contribution in [-0.4, -0.2) is 19.1 Å². The molecule has 0 aliphatic carbocycles. The first kappa shape index (κ1) is 29.7. The highest BCUT2D eigenvalue weighted by Gasteiger charge is 2.23. The van der Waals surface area contributed by atoms with E-state index in [2.05, 4.69) is 161 Å². The van der Waals surface area contributed by atoms with Crippen LogP contribution in [0.5, 0.6) is 0 Å². The lowest BCUT2D eigenvalue weighted by Crippen LogP contribution is -2.03. The van der Waals surface area contributed by atoms with Crippen molar-refractivity contribution in [3.05, 3.63) is 170 Å². The molecule has 5 heterocycles. The van der Waals surface area contributed by atoms with Gasteiger partial charge in [-0.05, 0) is 77.5 Å². The van der Waals surface area contributed by atoms with Gasteiger partial charge in [0.1, 0.15) is 28.0 Å². The molecule has 6 nitrogen and oxygen atoms in total. The van der Waals surface area contributed by atoms with Crippen molar-refractivity contribution in [2.45, 2.75) is 0 Å². The van der Waals surface area contributed by atoms with Gasteiger partial charge in [0.05, 0.1) is 22.1 Å². The zero-order valence-electron chi connectivity index (χ0n) is 29.8. The molecule has 8 aromatic carbocycles. The summed E-state index contributed by atoms with van der Waals surface area (Å²) < 4.78 is 17.7. The summed E-state index contributed by atoms with van der Waals surface area (Å²) in [6, 6.07) is 59.5. The van der Waals surface area contributed by atoms with Crippen LogP contribution in [-0.2, 0) is 0 Å².